The smallest absolute Gasteiger partial charge is 0.248 e. The highest BCUT2D eigenvalue weighted by Gasteiger charge is 2.08. The molecule has 0 N–H and O–H groups in total. The number of rotatable bonds is 3. The van der Waals surface area contributed by atoms with Gasteiger partial charge >= 0.3 is 0 Å². The summed E-state index contributed by atoms with van der Waals surface area (Å²) in [7, 11) is 0. The van der Waals surface area contributed by atoms with Crippen LogP contribution in [0.25, 0.3) is 11.4 Å². The molecular formula is C13H12N4O. The average molecular weight is 240 g/mol. The average Bonchev–Trinajstić information content (AvgIpc) is 3.01. The molecule has 0 saturated carbocycles. The van der Waals surface area contributed by atoms with Gasteiger partial charge in [0.1, 0.15) is 6.54 Å². The molecule has 1 aromatic carbocycles. The molecule has 5 heteroatoms. The molecule has 90 valence electrons. The first-order chi connectivity index (χ1) is 8.81. The predicted molar refractivity (Wildman–Crippen MR) is 65.8 cm³/mol. The van der Waals surface area contributed by atoms with E-state index in [0.717, 1.165) is 11.3 Å². The number of hydrogen-bond acceptors (Lipinski definition) is 4. The first kappa shape index (κ1) is 10.7. The molecule has 0 amide bonds. The molecule has 0 atom stereocenters. The van der Waals surface area contributed by atoms with Crippen LogP contribution in [0.15, 0.2) is 47.1 Å². The van der Waals surface area contributed by atoms with Crippen molar-refractivity contribution in [1.82, 2.24) is 19.9 Å². The Morgan fingerprint density at radius 3 is 2.72 bits per heavy atom. The Morgan fingerprint density at radius 1 is 1.17 bits per heavy atom. The van der Waals surface area contributed by atoms with Crippen LogP contribution in [0.1, 0.15) is 11.6 Å². The topological polar surface area (TPSA) is 56.7 Å². The summed E-state index contributed by atoms with van der Waals surface area (Å²) in [5.74, 6) is 1.16. The molecule has 3 rings (SSSR count). The third kappa shape index (κ3) is 2.15. The van der Waals surface area contributed by atoms with Crippen molar-refractivity contribution in [1.29, 1.82) is 0 Å². The normalized spacial score (nSPS) is 10.7. The molecule has 2 heterocycles. The maximum absolute atomic E-state index is 5.21. The van der Waals surface area contributed by atoms with Gasteiger partial charge in [0.2, 0.25) is 11.7 Å². The van der Waals surface area contributed by atoms with Crippen LogP contribution in [0.5, 0.6) is 0 Å². The van der Waals surface area contributed by atoms with Gasteiger partial charge in [0.25, 0.3) is 0 Å². The summed E-state index contributed by atoms with van der Waals surface area (Å²) in [5.41, 5.74) is 1.92. The molecule has 0 saturated heterocycles. The molecule has 0 bridgehead atoms. The van der Waals surface area contributed by atoms with E-state index < -0.39 is 0 Å². The lowest BCUT2D eigenvalue weighted by molar-refractivity contribution is 0.366. The molecule has 0 aliphatic heterocycles. The lowest BCUT2D eigenvalue weighted by Gasteiger charge is -1.94. The third-order valence-corrected chi connectivity index (χ3v) is 2.57. The second-order valence-corrected chi connectivity index (χ2v) is 4.03. The van der Waals surface area contributed by atoms with Crippen molar-refractivity contribution in [2.75, 3.05) is 0 Å². The third-order valence-electron chi connectivity index (χ3n) is 2.57. The highest BCUT2D eigenvalue weighted by atomic mass is 16.5. The van der Waals surface area contributed by atoms with Crippen LogP contribution in [0.2, 0.25) is 0 Å². The largest absolute Gasteiger partial charge is 0.337 e. The molecule has 3 aromatic rings. The number of benzene rings is 1. The molecule has 0 radical (unpaired) electrons. The van der Waals surface area contributed by atoms with Crippen LogP contribution in [-0.2, 0) is 6.54 Å². The zero-order chi connectivity index (χ0) is 12.4. The van der Waals surface area contributed by atoms with Gasteiger partial charge in [-0.1, -0.05) is 35.5 Å². The minimum absolute atomic E-state index is 0.494. The zero-order valence-corrected chi connectivity index (χ0v) is 9.95. The van der Waals surface area contributed by atoms with Crippen LogP contribution in [0.4, 0.5) is 0 Å². The highest BCUT2D eigenvalue weighted by molar-refractivity contribution is 5.53. The van der Waals surface area contributed by atoms with Crippen molar-refractivity contribution < 1.29 is 4.52 Å². The second-order valence-electron chi connectivity index (χ2n) is 4.03. The van der Waals surface area contributed by atoms with Crippen LogP contribution in [0.3, 0.4) is 0 Å². The molecule has 0 aliphatic carbocycles. The predicted octanol–water partition coefficient (Wildman–Crippen LogP) is 2.29. The van der Waals surface area contributed by atoms with Crippen molar-refractivity contribution in [2.24, 2.45) is 0 Å². The van der Waals surface area contributed by atoms with Gasteiger partial charge in [-0.2, -0.15) is 10.1 Å². The summed E-state index contributed by atoms with van der Waals surface area (Å²) >= 11 is 0. The Balaban J connectivity index is 1.82. The van der Waals surface area contributed by atoms with Gasteiger partial charge in [-0.15, -0.1) is 0 Å². The summed E-state index contributed by atoms with van der Waals surface area (Å²) in [6.07, 6.45) is 1.89. The number of nitrogens with zero attached hydrogens (tertiary/aromatic N) is 4. The molecule has 0 aliphatic rings. The Kier molecular flexibility index (Phi) is 2.64. The fourth-order valence-corrected chi connectivity index (χ4v) is 1.71. The summed E-state index contributed by atoms with van der Waals surface area (Å²) < 4.78 is 6.99. The van der Waals surface area contributed by atoms with Gasteiger partial charge in [-0.3, -0.25) is 4.68 Å². The summed E-state index contributed by atoms with van der Waals surface area (Å²) in [5, 5.41) is 8.24. The van der Waals surface area contributed by atoms with Crippen molar-refractivity contribution in [3.63, 3.8) is 0 Å². The van der Waals surface area contributed by atoms with E-state index in [1.54, 1.807) is 4.68 Å². The van der Waals surface area contributed by atoms with Gasteiger partial charge in [-0.05, 0) is 13.0 Å². The summed E-state index contributed by atoms with van der Waals surface area (Å²) in [4.78, 5) is 4.35. The molecule has 0 fully saturated rings. The van der Waals surface area contributed by atoms with Crippen LogP contribution in [-0.4, -0.2) is 19.9 Å². The molecule has 2 aromatic heterocycles. The SMILES string of the molecule is Cc1ccn(Cc2nc(-c3ccccc3)no2)n1. The number of aromatic nitrogens is 4. The molecular weight excluding hydrogens is 228 g/mol. The van der Waals surface area contributed by atoms with Crippen LogP contribution < -0.4 is 0 Å². The Hall–Kier alpha value is -2.43. The standard InChI is InChI=1S/C13H12N4O/c1-10-7-8-17(15-10)9-12-14-13(16-18-12)11-5-3-2-4-6-11/h2-8H,9H2,1H3. The maximum Gasteiger partial charge on any atom is 0.248 e. The molecule has 5 nitrogen and oxygen atoms in total. The van der Waals surface area contributed by atoms with E-state index in [1.165, 1.54) is 0 Å². The fraction of sp³-hybridized carbons (Fsp3) is 0.154. The Bertz CT molecular complexity index is 642. The van der Waals surface area contributed by atoms with E-state index >= 15 is 0 Å². The maximum atomic E-state index is 5.21. The summed E-state index contributed by atoms with van der Waals surface area (Å²) in [6.45, 7) is 2.44. The molecule has 0 spiro atoms. The van der Waals surface area contributed by atoms with Crippen molar-refractivity contribution >= 4 is 0 Å². The fourth-order valence-electron chi connectivity index (χ4n) is 1.71. The quantitative estimate of drug-likeness (QED) is 0.704. The van der Waals surface area contributed by atoms with Gasteiger partial charge < -0.3 is 4.52 Å². The van der Waals surface area contributed by atoms with Crippen LogP contribution >= 0.6 is 0 Å². The highest BCUT2D eigenvalue weighted by Crippen LogP contribution is 2.15. The molecule has 18 heavy (non-hydrogen) atoms. The van der Waals surface area contributed by atoms with E-state index in [2.05, 4.69) is 15.2 Å². The summed E-state index contributed by atoms with van der Waals surface area (Å²) in [6, 6.07) is 11.7. The lowest BCUT2D eigenvalue weighted by Crippen LogP contribution is -2.00. The Morgan fingerprint density at radius 2 is 2.00 bits per heavy atom. The second kappa shape index (κ2) is 4.44. The minimum atomic E-state index is 0.494. The van der Waals surface area contributed by atoms with Crippen molar-refractivity contribution in [2.45, 2.75) is 13.5 Å². The van der Waals surface area contributed by atoms with E-state index in [-0.39, 0.29) is 0 Å². The van der Waals surface area contributed by atoms with Gasteiger partial charge in [0.15, 0.2) is 0 Å². The number of hydrogen-bond donors (Lipinski definition) is 0. The van der Waals surface area contributed by atoms with Gasteiger partial charge in [0.05, 0.1) is 5.69 Å². The van der Waals surface area contributed by atoms with Crippen molar-refractivity contribution in [3.05, 3.63) is 54.2 Å². The van der Waals surface area contributed by atoms with E-state index in [1.807, 2.05) is 49.5 Å². The first-order valence-electron chi connectivity index (χ1n) is 5.69. The first-order valence-corrected chi connectivity index (χ1v) is 5.69. The van der Waals surface area contributed by atoms with Crippen molar-refractivity contribution in [3.8, 4) is 11.4 Å². The monoisotopic (exact) mass is 240 g/mol. The van der Waals surface area contributed by atoms with E-state index in [4.69, 9.17) is 4.52 Å². The molecule has 0 unspecified atom stereocenters. The van der Waals surface area contributed by atoms with Gasteiger partial charge in [0, 0.05) is 11.8 Å². The minimum Gasteiger partial charge on any atom is -0.337 e. The van der Waals surface area contributed by atoms with E-state index in [0.29, 0.717) is 18.3 Å². The van der Waals surface area contributed by atoms with Gasteiger partial charge in [-0.25, -0.2) is 0 Å². The Labute approximate surface area is 104 Å². The van der Waals surface area contributed by atoms with E-state index in [9.17, 15) is 0 Å². The zero-order valence-electron chi connectivity index (χ0n) is 9.95. The lowest BCUT2D eigenvalue weighted by atomic mass is 10.2. The van der Waals surface area contributed by atoms with Crippen LogP contribution in [0, 0.1) is 6.92 Å². The number of aryl methyl sites for hydroxylation is 1.